The third-order valence-corrected chi connectivity index (χ3v) is 1.68. The molecule has 0 aromatic heterocycles. The maximum Gasteiger partial charge on any atom is 0.157 e. The fraction of sp³-hybridized carbons (Fsp3) is 0.333. The summed E-state index contributed by atoms with van der Waals surface area (Å²) in [7, 11) is 0. The van der Waals surface area contributed by atoms with Gasteiger partial charge in [-0.1, -0.05) is 6.07 Å². The average molecular weight is 186 g/mol. The molecule has 4 N–H and O–H groups in total. The highest BCUT2D eigenvalue weighted by Crippen LogP contribution is 2.27. The Balaban J connectivity index is 2.66. The second-order valence-corrected chi connectivity index (χ2v) is 2.64. The summed E-state index contributed by atoms with van der Waals surface area (Å²) in [6.07, 6.45) is -1.06. The molecule has 13 heavy (non-hydrogen) atoms. The highest BCUT2D eigenvalue weighted by Gasteiger charge is 2.08. The Morgan fingerprint density at radius 3 is 2.85 bits per heavy atom. The number of rotatable bonds is 3. The fourth-order valence-electron chi connectivity index (χ4n) is 0.962. The molecule has 0 spiro atoms. The molecule has 1 aromatic carbocycles. The lowest BCUT2D eigenvalue weighted by atomic mass is 10.1. The van der Waals surface area contributed by atoms with Gasteiger partial charge in [0.1, 0.15) is 0 Å². The van der Waals surface area contributed by atoms with E-state index in [-0.39, 0.29) is 18.0 Å². The molecule has 4 nitrogen and oxygen atoms in total. The molecular weight excluding hydrogens is 170 g/mol. The lowest BCUT2D eigenvalue weighted by Crippen LogP contribution is -2.16. The summed E-state index contributed by atoms with van der Waals surface area (Å²) < 4.78 is 20.7. The molecule has 0 unspecified atom stereocenters. The molecule has 0 amide bonds. The predicted molar refractivity (Wildman–Crippen MR) is 48.7 cm³/mol. The lowest BCUT2D eigenvalue weighted by Gasteiger charge is -2.10. The Morgan fingerprint density at radius 2 is 2.23 bits per heavy atom. The third kappa shape index (κ3) is 2.34. The van der Waals surface area contributed by atoms with Crippen molar-refractivity contribution in [2.24, 2.45) is 0 Å². The minimum Gasteiger partial charge on any atom is -0.504 e. The van der Waals surface area contributed by atoms with Gasteiger partial charge in [-0.15, -0.1) is 0 Å². The van der Waals surface area contributed by atoms with Gasteiger partial charge >= 0.3 is 0 Å². The number of likely N-dealkylation sites (N-methyl/N-ethyl adjacent to an activating group) is 1. The van der Waals surface area contributed by atoms with Crippen LogP contribution in [0.25, 0.3) is 0 Å². The van der Waals surface area contributed by atoms with Gasteiger partial charge in [-0.25, -0.2) is 0 Å². The second kappa shape index (κ2) is 4.11. The van der Waals surface area contributed by atoms with Crippen molar-refractivity contribution >= 4 is 0 Å². The zero-order valence-electron chi connectivity index (χ0n) is 9.86. The standard InChI is InChI=1S/C9H13NO3/c1-10-5-9(13)6-2-3-7(11)8(12)4-6/h2-4,9-13H,5H2,1H3/t9-/m1/s1/i1D3. The molecule has 0 bridgehead atoms. The third-order valence-electron chi connectivity index (χ3n) is 1.68. The van der Waals surface area contributed by atoms with Crippen molar-refractivity contribution in [3.05, 3.63) is 23.8 Å². The van der Waals surface area contributed by atoms with Crippen LogP contribution in [-0.4, -0.2) is 28.8 Å². The van der Waals surface area contributed by atoms with Crippen molar-refractivity contribution in [1.82, 2.24) is 5.32 Å². The monoisotopic (exact) mass is 186 g/mol. The van der Waals surface area contributed by atoms with Crippen LogP contribution in [0.4, 0.5) is 0 Å². The van der Waals surface area contributed by atoms with Crippen LogP contribution in [0.3, 0.4) is 0 Å². The van der Waals surface area contributed by atoms with Crippen LogP contribution in [0.2, 0.25) is 0 Å². The van der Waals surface area contributed by atoms with Crippen molar-refractivity contribution in [3.63, 3.8) is 0 Å². The summed E-state index contributed by atoms with van der Waals surface area (Å²) >= 11 is 0. The van der Waals surface area contributed by atoms with Gasteiger partial charge in [-0.2, -0.15) is 0 Å². The van der Waals surface area contributed by atoms with E-state index in [2.05, 4.69) is 5.32 Å². The SMILES string of the molecule is [2H]C([2H])([2H])NC[C@@H](O)c1ccc(O)c(O)c1. The number of aliphatic hydroxyl groups excluding tert-OH is 1. The van der Waals surface area contributed by atoms with E-state index in [1.807, 2.05) is 0 Å². The number of phenolic OH excluding ortho intramolecular Hbond substituents is 2. The first kappa shape index (κ1) is 6.23. The smallest absolute Gasteiger partial charge is 0.157 e. The van der Waals surface area contributed by atoms with E-state index in [0.717, 1.165) is 0 Å². The Morgan fingerprint density at radius 1 is 1.46 bits per heavy atom. The summed E-state index contributed by atoms with van der Waals surface area (Å²) in [5.74, 6) is -0.648. The highest BCUT2D eigenvalue weighted by atomic mass is 16.3. The number of hydrogen-bond acceptors (Lipinski definition) is 4. The van der Waals surface area contributed by atoms with Gasteiger partial charge in [0.25, 0.3) is 0 Å². The van der Waals surface area contributed by atoms with Crippen LogP contribution in [0.1, 0.15) is 15.8 Å². The van der Waals surface area contributed by atoms with Gasteiger partial charge in [0, 0.05) is 10.7 Å². The zero-order valence-corrected chi connectivity index (χ0v) is 6.86. The molecule has 0 aliphatic rings. The summed E-state index contributed by atoms with van der Waals surface area (Å²) in [6.45, 7) is -2.49. The number of benzene rings is 1. The van der Waals surface area contributed by atoms with Crippen molar-refractivity contribution < 1.29 is 19.4 Å². The first-order valence-electron chi connectivity index (χ1n) is 5.24. The first-order chi connectivity index (χ1) is 7.29. The van der Waals surface area contributed by atoms with Gasteiger partial charge in [0.05, 0.1) is 6.10 Å². The molecule has 0 heterocycles. The number of hydrogen-bond donors (Lipinski definition) is 4. The maximum absolute atomic E-state index is 9.59. The van der Waals surface area contributed by atoms with E-state index in [1.54, 1.807) is 0 Å². The largest absolute Gasteiger partial charge is 0.504 e. The van der Waals surface area contributed by atoms with Gasteiger partial charge in [0.15, 0.2) is 11.5 Å². The van der Waals surface area contributed by atoms with Crippen LogP contribution in [0.5, 0.6) is 11.5 Å². The molecule has 0 saturated heterocycles. The summed E-state index contributed by atoms with van der Waals surface area (Å²) in [5.41, 5.74) is 0.326. The molecular formula is C9H13NO3. The van der Waals surface area contributed by atoms with Gasteiger partial charge in [-0.05, 0) is 24.7 Å². The Kier molecular flexibility index (Phi) is 1.97. The molecule has 0 aliphatic heterocycles. The highest BCUT2D eigenvalue weighted by molar-refractivity contribution is 5.41. The van der Waals surface area contributed by atoms with Crippen LogP contribution in [-0.2, 0) is 0 Å². The zero-order chi connectivity index (χ0) is 12.3. The van der Waals surface area contributed by atoms with Crippen molar-refractivity contribution in [1.29, 1.82) is 0 Å². The van der Waals surface area contributed by atoms with E-state index in [4.69, 9.17) is 9.22 Å². The van der Waals surface area contributed by atoms with Crippen molar-refractivity contribution in [3.8, 4) is 11.5 Å². The number of aromatic hydroxyl groups is 2. The number of phenols is 2. The average Bonchev–Trinajstić information content (AvgIpc) is 2.17. The van der Waals surface area contributed by atoms with Crippen molar-refractivity contribution in [2.45, 2.75) is 6.10 Å². The predicted octanol–water partition coefficient (Wildman–Crippen LogP) is 0.351. The lowest BCUT2D eigenvalue weighted by molar-refractivity contribution is 0.177. The minimum atomic E-state index is -2.32. The summed E-state index contributed by atoms with van der Waals surface area (Å²) in [6, 6.07) is 3.81. The quantitative estimate of drug-likeness (QED) is 0.514. The van der Waals surface area contributed by atoms with E-state index >= 15 is 0 Å². The Hall–Kier alpha value is -1.26. The molecule has 0 aliphatic carbocycles. The van der Waals surface area contributed by atoms with Crippen molar-refractivity contribution in [2.75, 3.05) is 13.5 Å². The minimum absolute atomic E-state index is 0.166. The molecule has 1 rings (SSSR count). The van der Waals surface area contributed by atoms with E-state index in [1.165, 1.54) is 18.2 Å². The maximum atomic E-state index is 9.59. The van der Waals surface area contributed by atoms with Crippen LogP contribution < -0.4 is 5.32 Å². The number of nitrogens with one attached hydrogen (secondary N) is 1. The molecule has 4 heteroatoms. The van der Waals surface area contributed by atoms with Gasteiger partial charge in [-0.3, -0.25) is 0 Å². The van der Waals surface area contributed by atoms with Crippen LogP contribution in [0, 0.1) is 0 Å². The van der Waals surface area contributed by atoms with Crippen LogP contribution >= 0.6 is 0 Å². The van der Waals surface area contributed by atoms with Gasteiger partial charge < -0.3 is 20.6 Å². The normalized spacial score (nSPS) is 17.2. The molecule has 0 saturated carbocycles. The molecule has 0 radical (unpaired) electrons. The van der Waals surface area contributed by atoms with Gasteiger partial charge in [0.2, 0.25) is 0 Å². The molecule has 1 aromatic rings. The Bertz CT molecular complexity index is 368. The van der Waals surface area contributed by atoms with E-state index < -0.39 is 13.1 Å². The first-order valence-corrected chi connectivity index (χ1v) is 3.74. The summed E-state index contributed by atoms with van der Waals surface area (Å²) in [5, 5.41) is 30.0. The summed E-state index contributed by atoms with van der Waals surface area (Å²) in [4.78, 5) is 0. The molecule has 72 valence electrons. The van der Waals surface area contributed by atoms with E-state index in [9.17, 15) is 10.2 Å². The topological polar surface area (TPSA) is 72.7 Å². The Labute approximate surface area is 80.7 Å². The number of aliphatic hydroxyl groups is 1. The second-order valence-electron chi connectivity index (χ2n) is 2.64. The van der Waals surface area contributed by atoms with E-state index in [0.29, 0.717) is 5.56 Å². The fourth-order valence-corrected chi connectivity index (χ4v) is 0.962. The molecule has 0 fully saturated rings. The van der Waals surface area contributed by atoms with Crippen LogP contribution in [0.15, 0.2) is 18.2 Å². The molecule has 1 atom stereocenters.